The number of imidazole rings is 1. The van der Waals surface area contributed by atoms with Crippen LogP contribution in [0, 0.1) is 5.21 Å². The zero-order chi connectivity index (χ0) is 21.8. The normalized spacial score (nSPS) is 18.6. The summed E-state index contributed by atoms with van der Waals surface area (Å²) in [5, 5.41) is 13.3. The van der Waals surface area contributed by atoms with Gasteiger partial charge in [0.2, 0.25) is 12.1 Å². The van der Waals surface area contributed by atoms with Gasteiger partial charge in [0.05, 0.1) is 36.2 Å². The fourth-order valence-corrected chi connectivity index (χ4v) is 4.40. The van der Waals surface area contributed by atoms with E-state index in [9.17, 15) is 10.0 Å². The molecule has 1 atom stereocenters. The second-order valence-electron chi connectivity index (χ2n) is 8.26. The third kappa shape index (κ3) is 3.37. The molecule has 4 aromatic rings. The number of aromatic nitrogens is 5. The first-order chi connectivity index (χ1) is 15.6. The Hall–Kier alpha value is -3.17. The van der Waals surface area contributed by atoms with Crippen molar-refractivity contribution in [2.75, 3.05) is 13.2 Å². The summed E-state index contributed by atoms with van der Waals surface area (Å²) >= 11 is 6.20. The highest BCUT2D eigenvalue weighted by Gasteiger charge is 2.30. The van der Waals surface area contributed by atoms with Crippen molar-refractivity contribution in [2.24, 2.45) is 0 Å². The van der Waals surface area contributed by atoms with E-state index in [1.165, 1.54) is 12.4 Å². The zero-order valence-electron chi connectivity index (χ0n) is 17.1. The van der Waals surface area contributed by atoms with Crippen LogP contribution in [-0.4, -0.2) is 38.4 Å². The number of hydrogen-bond donors (Lipinski definition) is 0. The molecule has 2 fully saturated rings. The van der Waals surface area contributed by atoms with Crippen LogP contribution >= 0.6 is 11.6 Å². The molecule has 3 aromatic heterocycles. The maximum absolute atomic E-state index is 13.3. The number of hydrogen-bond acceptors (Lipinski definition) is 6. The van der Waals surface area contributed by atoms with E-state index in [1.807, 2.05) is 6.07 Å². The van der Waals surface area contributed by atoms with Crippen molar-refractivity contribution in [2.45, 2.75) is 38.0 Å². The third-order valence-electron chi connectivity index (χ3n) is 5.93. The molecule has 1 saturated carbocycles. The van der Waals surface area contributed by atoms with Crippen molar-refractivity contribution < 1.29 is 14.2 Å². The van der Waals surface area contributed by atoms with Gasteiger partial charge in [0.25, 0.3) is 0 Å². The topological polar surface area (TPSA) is 98.1 Å². The molecule has 1 saturated heterocycles. The summed E-state index contributed by atoms with van der Waals surface area (Å²) in [4.78, 5) is 22.5. The predicted molar refractivity (Wildman–Crippen MR) is 117 cm³/mol. The minimum atomic E-state index is -0.171. The molecule has 32 heavy (non-hydrogen) atoms. The average molecular weight is 454 g/mol. The summed E-state index contributed by atoms with van der Waals surface area (Å²) in [6.07, 6.45) is 5.44. The Labute approximate surface area is 187 Å². The summed E-state index contributed by atoms with van der Waals surface area (Å²) < 4.78 is 15.6. The molecule has 1 aliphatic heterocycles. The van der Waals surface area contributed by atoms with Crippen LogP contribution in [-0.2, 0) is 11.3 Å². The molecular weight excluding hydrogens is 434 g/mol. The number of rotatable bonds is 5. The lowest BCUT2D eigenvalue weighted by Gasteiger charge is -2.14. The number of halogens is 1. The molecule has 0 bridgehead atoms. The predicted octanol–water partition coefficient (Wildman–Crippen LogP) is 2.58. The van der Waals surface area contributed by atoms with Gasteiger partial charge >= 0.3 is 5.69 Å². The van der Waals surface area contributed by atoms with Gasteiger partial charge in [0, 0.05) is 23.6 Å². The van der Waals surface area contributed by atoms with Crippen LogP contribution in [0.2, 0.25) is 5.02 Å². The van der Waals surface area contributed by atoms with E-state index in [0.29, 0.717) is 45.7 Å². The molecular formula is C22H20ClN5O4. The minimum Gasteiger partial charge on any atom is -0.619 e. The first-order valence-corrected chi connectivity index (χ1v) is 11.0. The highest BCUT2D eigenvalue weighted by molar-refractivity contribution is 6.31. The number of benzene rings is 1. The van der Waals surface area contributed by atoms with Crippen molar-refractivity contribution in [3.8, 4) is 5.88 Å². The third-order valence-corrected chi connectivity index (χ3v) is 6.16. The quantitative estimate of drug-likeness (QED) is 0.340. The number of nitrogens with zero attached hydrogens (tertiary/aromatic N) is 5. The standard InChI is InChI=1S/C22H20ClN5O4/c23-13-1-4-16-17(9-13)24-20(25-21(16)32-15-6-8-31-12-15)11-27-19-10-26(30)7-5-18(19)28(22(27)29)14-2-3-14/h1,4-5,7,9-10,14-15H,2-3,6,8,11-12H2. The number of fused-ring (bicyclic) bond motifs is 2. The maximum atomic E-state index is 13.3. The van der Waals surface area contributed by atoms with Gasteiger partial charge in [0.1, 0.15) is 11.6 Å². The lowest BCUT2D eigenvalue weighted by atomic mass is 10.2. The molecule has 6 rings (SSSR count). The van der Waals surface area contributed by atoms with Crippen LogP contribution in [0.3, 0.4) is 0 Å². The minimum absolute atomic E-state index is 0.0875. The highest BCUT2D eigenvalue weighted by Crippen LogP contribution is 2.36. The van der Waals surface area contributed by atoms with E-state index in [2.05, 4.69) is 9.97 Å². The van der Waals surface area contributed by atoms with E-state index < -0.39 is 0 Å². The van der Waals surface area contributed by atoms with Gasteiger partial charge in [-0.1, -0.05) is 11.6 Å². The SMILES string of the molecule is O=c1n(Cc2nc(OC3CCOC3)c3ccc(Cl)cc3n2)c2c[n+]([O-])ccc2n1C1CC1. The number of ether oxygens (including phenoxy) is 2. The number of pyridine rings is 1. The van der Waals surface area contributed by atoms with Gasteiger partial charge in [-0.2, -0.15) is 9.71 Å². The van der Waals surface area contributed by atoms with Gasteiger partial charge < -0.3 is 14.7 Å². The molecule has 0 N–H and O–H groups in total. The Morgan fingerprint density at radius 2 is 2.09 bits per heavy atom. The van der Waals surface area contributed by atoms with E-state index in [1.54, 1.807) is 27.3 Å². The van der Waals surface area contributed by atoms with Crippen LogP contribution < -0.4 is 15.2 Å². The molecule has 1 aliphatic carbocycles. The second kappa shape index (κ2) is 7.46. The molecule has 4 heterocycles. The average Bonchev–Trinajstić information content (AvgIpc) is 3.40. The van der Waals surface area contributed by atoms with Gasteiger partial charge in [-0.15, -0.1) is 0 Å². The molecule has 1 aromatic carbocycles. The summed E-state index contributed by atoms with van der Waals surface area (Å²) in [6, 6.07) is 7.21. The lowest BCUT2D eigenvalue weighted by Crippen LogP contribution is -2.26. The van der Waals surface area contributed by atoms with Crippen LogP contribution in [0.4, 0.5) is 0 Å². The summed E-state index contributed by atoms with van der Waals surface area (Å²) in [5.41, 5.74) is 1.76. The van der Waals surface area contributed by atoms with E-state index in [0.717, 1.165) is 30.2 Å². The molecule has 9 nitrogen and oxygen atoms in total. The highest BCUT2D eigenvalue weighted by atomic mass is 35.5. The molecule has 2 aliphatic rings. The van der Waals surface area contributed by atoms with Crippen molar-refractivity contribution in [1.29, 1.82) is 0 Å². The Balaban J connectivity index is 1.47. The first-order valence-electron chi connectivity index (χ1n) is 10.6. The smallest absolute Gasteiger partial charge is 0.329 e. The summed E-state index contributed by atoms with van der Waals surface area (Å²) in [7, 11) is 0. The van der Waals surface area contributed by atoms with Crippen LogP contribution in [0.25, 0.3) is 21.9 Å². The maximum Gasteiger partial charge on any atom is 0.329 e. The molecule has 0 spiro atoms. The summed E-state index contributed by atoms with van der Waals surface area (Å²) in [6.45, 7) is 1.27. The Bertz CT molecular complexity index is 1410. The molecule has 0 radical (unpaired) electrons. The van der Waals surface area contributed by atoms with E-state index in [-0.39, 0.29) is 24.4 Å². The van der Waals surface area contributed by atoms with Gasteiger partial charge in [-0.3, -0.25) is 9.13 Å². The van der Waals surface area contributed by atoms with Crippen LogP contribution in [0.15, 0.2) is 41.5 Å². The van der Waals surface area contributed by atoms with Crippen molar-refractivity contribution in [3.63, 3.8) is 0 Å². The molecule has 1 unspecified atom stereocenters. The molecule has 0 amide bonds. The zero-order valence-corrected chi connectivity index (χ0v) is 17.9. The molecule has 10 heteroatoms. The first kappa shape index (κ1) is 19.5. The van der Waals surface area contributed by atoms with Crippen LogP contribution in [0.5, 0.6) is 5.88 Å². The monoisotopic (exact) mass is 453 g/mol. The Morgan fingerprint density at radius 1 is 1.22 bits per heavy atom. The van der Waals surface area contributed by atoms with Crippen molar-refractivity contribution in [1.82, 2.24) is 19.1 Å². The largest absolute Gasteiger partial charge is 0.619 e. The van der Waals surface area contributed by atoms with E-state index in [4.69, 9.17) is 21.1 Å². The Morgan fingerprint density at radius 3 is 2.88 bits per heavy atom. The lowest BCUT2D eigenvalue weighted by molar-refractivity contribution is -0.604. The fourth-order valence-electron chi connectivity index (χ4n) is 4.23. The van der Waals surface area contributed by atoms with Crippen molar-refractivity contribution in [3.05, 3.63) is 63.2 Å². The second-order valence-corrected chi connectivity index (χ2v) is 8.69. The van der Waals surface area contributed by atoms with Crippen LogP contribution in [0.1, 0.15) is 31.1 Å². The van der Waals surface area contributed by atoms with E-state index >= 15 is 0 Å². The van der Waals surface area contributed by atoms with Gasteiger partial charge in [-0.25, -0.2) is 9.78 Å². The fraction of sp³-hybridized carbons (Fsp3) is 0.364. The van der Waals surface area contributed by atoms with Gasteiger partial charge in [-0.05, 0) is 31.0 Å². The molecule has 164 valence electrons. The Kier molecular flexibility index (Phi) is 4.55. The summed E-state index contributed by atoms with van der Waals surface area (Å²) in [5.74, 6) is 0.849. The van der Waals surface area contributed by atoms with Gasteiger partial charge in [0.15, 0.2) is 12.0 Å². The van der Waals surface area contributed by atoms with Crippen molar-refractivity contribution >= 4 is 33.5 Å².